The van der Waals surface area contributed by atoms with Gasteiger partial charge < -0.3 is 9.32 Å². The number of carbonyl (C=O) groups excluding carboxylic acids is 1. The van der Waals surface area contributed by atoms with Crippen molar-refractivity contribution in [3.8, 4) is 10.4 Å². The molecule has 0 unspecified atom stereocenters. The van der Waals surface area contributed by atoms with Crippen LogP contribution >= 0.6 is 11.3 Å². The van der Waals surface area contributed by atoms with Gasteiger partial charge in [-0.15, -0.1) is 11.3 Å². The number of halogens is 2. The predicted octanol–water partition coefficient (Wildman–Crippen LogP) is 6.38. The fourth-order valence-electron chi connectivity index (χ4n) is 4.39. The van der Waals surface area contributed by atoms with Crippen molar-refractivity contribution in [2.45, 2.75) is 38.6 Å². The predicted molar refractivity (Wildman–Crippen MR) is 121 cm³/mol. The first-order valence-electron chi connectivity index (χ1n) is 10.7. The van der Waals surface area contributed by atoms with Gasteiger partial charge in [0, 0.05) is 24.4 Å². The third-order valence-corrected chi connectivity index (χ3v) is 6.92. The highest BCUT2D eigenvalue weighted by Crippen LogP contribution is 2.33. The maximum atomic E-state index is 13.6. The highest BCUT2D eigenvalue weighted by Gasteiger charge is 2.31. The average molecular weight is 453 g/mol. The van der Waals surface area contributed by atoms with Crippen LogP contribution in [0.25, 0.3) is 21.4 Å². The van der Waals surface area contributed by atoms with Gasteiger partial charge in [-0.05, 0) is 68.1 Å². The Hall–Kier alpha value is -3.06. The standard InChI is InChI=1S/C25H22F2N2O2S/c1-15-28-23(24(32-15)16-5-7-18(26)8-6-16)25(30)29-11-3-2-4-20(29)14-21-13-17-12-19(27)9-10-22(17)31-21/h5-10,12-13,20H,2-4,11,14H2,1H3/t20-/m0/s1. The van der Waals surface area contributed by atoms with E-state index in [-0.39, 0.29) is 23.6 Å². The van der Waals surface area contributed by atoms with Crippen LogP contribution in [0.4, 0.5) is 8.78 Å². The number of carbonyl (C=O) groups is 1. The maximum Gasteiger partial charge on any atom is 0.274 e. The van der Waals surface area contributed by atoms with E-state index in [1.54, 1.807) is 18.2 Å². The van der Waals surface area contributed by atoms with Gasteiger partial charge in [-0.3, -0.25) is 4.79 Å². The molecule has 0 N–H and O–H groups in total. The second-order valence-electron chi connectivity index (χ2n) is 8.16. The highest BCUT2D eigenvalue weighted by molar-refractivity contribution is 7.15. The fourth-order valence-corrected chi connectivity index (χ4v) is 5.30. The monoisotopic (exact) mass is 452 g/mol. The summed E-state index contributed by atoms with van der Waals surface area (Å²) in [5.41, 5.74) is 1.84. The Balaban J connectivity index is 1.43. The van der Waals surface area contributed by atoms with Crippen LogP contribution in [0.2, 0.25) is 0 Å². The summed E-state index contributed by atoms with van der Waals surface area (Å²) in [6, 6.07) is 12.5. The first-order valence-corrected chi connectivity index (χ1v) is 11.5. The summed E-state index contributed by atoms with van der Waals surface area (Å²) in [5.74, 6) is 0.0141. The Kier molecular flexibility index (Phi) is 5.51. The van der Waals surface area contributed by atoms with E-state index in [0.29, 0.717) is 24.2 Å². The number of hydrogen-bond donors (Lipinski definition) is 0. The molecule has 32 heavy (non-hydrogen) atoms. The van der Waals surface area contributed by atoms with Crippen LogP contribution in [0.1, 0.15) is 40.5 Å². The Morgan fingerprint density at radius 3 is 2.72 bits per heavy atom. The molecule has 7 heteroatoms. The Bertz CT molecular complexity index is 1280. The second-order valence-corrected chi connectivity index (χ2v) is 9.37. The Morgan fingerprint density at radius 1 is 1.12 bits per heavy atom. The summed E-state index contributed by atoms with van der Waals surface area (Å²) < 4.78 is 32.9. The van der Waals surface area contributed by atoms with Crippen molar-refractivity contribution >= 4 is 28.2 Å². The lowest BCUT2D eigenvalue weighted by molar-refractivity contribution is 0.0603. The molecule has 1 fully saturated rings. The lowest BCUT2D eigenvalue weighted by atomic mass is 9.97. The van der Waals surface area contributed by atoms with E-state index in [4.69, 9.17) is 4.42 Å². The number of rotatable bonds is 4. The molecule has 0 spiro atoms. The van der Waals surface area contributed by atoms with E-state index in [1.165, 1.54) is 35.6 Å². The van der Waals surface area contributed by atoms with E-state index in [1.807, 2.05) is 17.9 Å². The topological polar surface area (TPSA) is 46.3 Å². The van der Waals surface area contributed by atoms with Crippen molar-refractivity contribution in [2.75, 3.05) is 6.54 Å². The molecule has 2 aromatic carbocycles. The van der Waals surface area contributed by atoms with E-state index in [2.05, 4.69) is 4.98 Å². The third kappa shape index (κ3) is 4.05. The summed E-state index contributed by atoms with van der Waals surface area (Å²) in [6.07, 6.45) is 3.40. The number of nitrogens with zero attached hydrogens (tertiary/aromatic N) is 2. The van der Waals surface area contributed by atoms with Crippen LogP contribution in [0, 0.1) is 18.6 Å². The SMILES string of the molecule is Cc1nc(C(=O)N2CCCC[C@H]2Cc2cc3cc(F)ccc3o2)c(-c2ccc(F)cc2)s1. The van der Waals surface area contributed by atoms with Gasteiger partial charge in [-0.25, -0.2) is 13.8 Å². The molecule has 0 aliphatic carbocycles. The molecule has 1 saturated heterocycles. The van der Waals surface area contributed by atoms with Gasteiger partial charge in [0.15, 0.2) is 0 Å². The second kappa shape index (κ2) is 8.47. The van der Waals surface area contributed by atoms with Crippen LogP contribution in [-0.2, 0) is 6.42 Å². The normalized spacial score (nSPS) is 16.6. The number of furan rings is 1. The fraction of sp³-hybridized carbons (Fsp3) is 0.280. The summed E-state index contributed by atoms with van der Waals surface area (Å²) in [6.45, 7) is 2.52. The number of likely N-dealkylation sites (tertiary alicyclic amines) is 1. The summed E-state index contributed by atoms with van der Waals surface area (Å²) in [4.78, 5) is 20.8. The van der Waals surface area contributed by atoms with Crippen LogP contribution in [0.15, 0.2) is 52.9 Å². The zero-order valence-electron chi connectivity index (χ0n) is 17.6. The van der Waals surface area contributed by atoms with E-state index < -0.39 is 0 Å². The molecule has 3 heterocycles. The molecule has 5 rings (SSSR count). The summed E-state index contributed by atoms with van der Waals surface area (Å²) in [7, 11) is 0. The number of benzene rings is 2. The smallest absolute Gasteiger partial charge is 0.274 e. The van der Waals surface area contributed by atoms with Crippen molar-refractivity contribution in [1.82, 2.24) is 9.88 Å². The molecular weight excluding hydrogens is 430 g/mol. The zero-order valence-corrected chi connectivity index (χ0v) is 18.4. The molecule has 2 aromatic heterocycles. The van der Waals surface area contributed by atoms with Gasteiger partial charge in [-0.1, -0.05) is 12.1 Å². The zero-order chi connectivity index (χ0) is 22.2. The van der Waals surface area contributed by atoms with E-state index >= 15 is 0 Å². The summed E-state index contributed by atoms with van der Waals surface area (Å²) >= 11 is 1.44. The minimum absolute atomic E-state index is 0.0234. The van der Waals surface area contributed by atoms with Gasteiger partial charge in [0.25, 0.3) is 5.91 Å². The van der Waals surface area contributed by atoms with Gasteiger partial charge in [0.1, 0.15) is 28.7 Å². The Labute approximate surface area is 188 Å². The van der Waals surface area contributed by atoms with Crippen molar-refractivity contribution < 1.29 is 18.0 Å². The molecule has 1 aliphatic rings. The molecular formula is C25H22F2N2O2S. The molecule has 1 amide bonds. The number of thiazole rings is 1. The number of hydrogen-bond acceptors (Lipinski definition) is 4. The quantitative estimate of drug-likeness (QED) is 0.361. The van der Waals surface area contributed by atoms with Crippen LogP contribution in [0.3, 0.4) is 0 Å². The summed E-state index contributed by atoms with van der Waals surface area (Å²) in [5, 5.41) is 1.52. The number of aromatic nitrogens is 1. The van der Waals surface area contributed by atoms with Gasteiger partial charge in [0.2, 0.25) is 0 Å². The first kappa shape index (κ1) is 20.8. The van der Waals surface area contributed by atoms with Crippen molar-refractivity contribution in [1.29, 1.82) is 0 Å². The number of piperidine rings is 1. The van der Waals surface area contributed by atoms with Crippen LogP contribution in [0.5, 0.6) is 0 Å². The van der Waals surface area contributed by atoms with Crippen LogP contribution in [-0.4, -0.2) is 28.4 Å². The van der Waals surface area contributed by atoms with Crippen molar-refractivity contribution in [2.24, 2.45) is 0 Å². The van der Waals surface area contributed by atoms with Crippen LogP contribution < -0.4 is 0 Å². The van der Waals surface area contributed by atoms with Gasteiger partial charge in [-0.2, -0.15) is 0 Å². The minimum Gasteiger partial charge on any atom is -0.461 e. The first-order chi connectivity index (χ1) is 15.5. The minimum atomic E-state index is -0.315. The van der Waals surface area contributed by atoms with Gasteiger partial charge >= 0.3 is 0 Å². The lowest BCUT2D eigenvalue weighted by Gasteiger charge is -2.35. The molecule has 164 valence electrons. The van der Waals surface area contributed by atoms with E-state index in [0.717, 1.165) is 45.9 Å². The molecule has 0 bridgehead atoms. The molecule has 0 saturated carbocycles. The average Bonchev–Trinajstić information content (AvgIpc) is 3.36. The highest BCUT2D eigenvalue weighted by atomic mass is 32.1. The number of aryl methyl sites for hydroxylation is 1. The lowest BCUT2D eigenvalue weighted by Crippen LogP contribution is -2.45. The number of fused-ring (bicyclic) bond motifs is 1. The van der Waals surface area contributed by atoms with Gasteiger partial charge in [0.05, 0.1) is 9.88 Å². The molecule has 4 aromatic rings. The molecule has 1 aliphatic heterocycles. The number of amides is 1. The Morgan fingerprint density at radius 2 is 1.91 bits per heavy atom. The molecule has 4 nitrogen and oxygen atoms in total. The van der Waals surface area contributed by atoms with Crippen molar-refractivity contribution in [3.05, 3.63) is 76.6 Å². The molecule has 0 radical (unpaired) electrons. The van der Waals surface area contributed by atoms with E-state index in [9.17, 15) is 13.6 Å². The maximum absolute atomic E-state index is 13.6. The molecule has 1 atom stereocenters. The van der Waals surface area contributed by atoms with Crippen molar-refractivity contribution in [3.63, 3.8) is 0 Å². The third-order valence-electron chi connectivity index (χ3n) is 5.90. The largest absolute Gasteiger partial charge is 0.461 e.